The number of carbonyl (C=O) groups is 1. The number of hydrogen-bond acceptors (Lipinski definition) is 5. The van der Waals surface area contributed by atoms with Gasteiger partial charge in [-0.2, -0.15) is 0 Å². The summed E-state index contributed by atoms with van der Waals surface area (Å²) in [6, 6.07) is 10.0. The van der Waals surface area contributed by atoms with Crippen LogP contribution in [0.4, 0.5) is 5.95 Å². The van der Waals surface area contributed by atoms with Crippen molar-refractivity contribution in [2.45, 2.75) is 25.2 Å². The maximum atomic E-state index is 12.9. The number of piperazine rings is 1. The summed E-state index contributed by atoms with van der Waals surface area (Å²) in [6.45, 7) is 3.03. The lowest BCUT2D eigenvalue weighted by atomic mass is 9.90. The minimum atomic E-state index is 0.261. The van der Waals surface area contributed by atoms with Crippen LogP contribution in [-0.2, 0) is 4.79 Å². The van der Waals surface area contributed by atoms with Gasteiger partial charge in [0.15, 0.2) is 0 Å². The van der Waals surface area contributed by atoms with Gasteiger partial charge in [0.25, 0.3) is 0 Å². The molecule has 1 aliphatic heterocycles. The molecule has 4 rings (SSSR count). The van der Waals surface area contributed by atoms with Crippen LogP contribution in [0.3, 0.4) is 0 Å². The zero-order chi connectivity index (χ0) is 18.6. The second-order valence-corrected chi connectivity index (χ2v) is 7.34. The molecule has 1 aromatic carbocycles. The number of aromatic nitrogens is 2. The van der Waals surface area contributed by atoms with Gasteiger partial charge in [0.2, 0.25) is 11.9 Å². The first-order valence-corrected chi connectivity index (χ1v) is 9.68. The van der Waals surface area contributed by atoms with E-state index in [9.17, 15) is 4.79 Å². The molecule has 1 unspecified atom stereocenters. The van der Waals surface area contributed by atoms with Gasteiger partial charge in [-0.1, -0.05) is 12.1 Å². The van der Waals surface area contributed by atoms with Crippen LogP contribution in [0.25, 0.3) is 0 Å². The third-order valence-corrected chi connectivity index (χ3v) is 5.60. The van der Waals surface area contributed by atoms with Crippen molar-refractivity contribution in [3.05, 3.63) is 48.3 Å². The summed E-state index contributed by atoms with van der Waals surface area (Å²) in [7, 11) is 1.68. The van der Waals surface area contributed by atoms with Gasteiger partial charge in [-0.3, -0.25) is 4.79 Å². The molecule has 27 heavy (non-hydrogen) atoms. The van der Waals surface area contributed by atoms with Crippen LogP contribution in [-0.4, -0.2) is 54.1 Å². The lowest BCUT2D eigenvalue weighted by molar-refractivity contribution is -0.132. The maximum Gasteiger partial charge on any atom is 0.225 e. The fourth-order valence-electron chi connectivity index (χ4n) is 3.83. The van der Waals surface area contributed by atoms with Crippen molar-refractivity contribution in [2.24, 2.45) is 5.92 Å². The first-order valence-electron chi connectivity index (χ1n) is 9.68. The van der Waals surface area contributed by atoms with Gasteiger partial charge in [-0.25, -0.2) is 9.97 Å². The van der Waals surface area contributed by atoms with Crippen LogP contribution in [0.2, 0.25) is 0 Å². The third-order valence-electron chi connectivity index (χ3n) is 5.60. The summed E-state index contributed by atoms with van der Waals surface area (Å²) in [5.41, 5.74) is 1.25. The molecule has 0 bridgehead atoms. The molecule has 2 fully saturated rings. The Morgan fingerprint density at radius 2 is 1.78 bits per heavy atom. The number of benzene rings is 1. The molecule has 0 N–H and O–H groups in total. The van der Waals surface area contributed by atoms with Gasteiger partial charge in [0.05, 0.1) is 7.11 Å². The van der Waals surface area contributed by atoms with Crippen molar-refractivity contribution in [1.29, 1.82) is 0 Å². The zero-order valence-corrected chi connectivity index (χ0v) is 15.8. The average Bonchev–Trinajstić information content (AvgIpc) is 3.58. The average molecular weight is 366 g/mol. The number of rotatable bonds is 6. The van der Waals surface area contributed by atoms with Crippen LogP contribution < -0.4 is 9.64 Å². The number of carbonyl (C=O) groups excluding carboxylic acids is 1. The molecule has 1 amide bonds. The van der Waals surface area contributed by atoms with Crippen LogP contribution >= 0.6 is 0 Å². The molecule has 0 spiro atoms. The van der Waals surface area contributed by atoms with Crippen molar-refractivity contribution >= 4 is 11.9 Å². The summed E-state index contributed by atoms with van der Waals surface area (Å²) in [5, 5.41) is 0. The van der Waals surface area contributed by atoms with Gasteiger partial charge in [0.1, 0.15) is 5.75 Å². The highest BCUT2D eigenvalue weighted by Crippen LogP contribution is 2.45. The van der Waals surface area contributed by atoms with Crippen LogP contribution in [0, 0.1) is 5.92 Å². The van der Waals surface area contributed by atoms with Gasteiger partial charge >= 0.3 is 0 Å². The van der Waals surface area contributed by atoms with E-state index < -0.39 is 0 Å². The second-order valence-electron chi connectivity index (χ2n) is 7.34. The molecular weight excluding hydrogens is 340 g/mol. The Kier molecular flexibility index (Phi) is 5.23. The topological polar surface area (TPSA) is 58.6 Å². The highest BCUT2D eigenvalue weighted by Gasteiger charge is 2.35. The lowest BCUT2D eigenvalue weighted by Crippen LogP contribution is -2.49. The molecule has 6 nitrogen and oxygen atoms in total. The van der Waals surface area contributed by atoms with Crippen molar-refractivity contribution in [3.63, 3.8) is 0 Å². The normalized spacial score (nSPS) is 18.3. The Bertz CT molecular complexity index is 754. The van der Waals surface area contributed by atoms with E-state index in [1.54, 1.807) is 19.5 Å². The van der Waals surface area contributed by atoms with E-state index in [0.717, 1.165) is 37.9 Å². The number of ether oxygens (including phenoxy) is 1. The van der Waals surface area contributed by atoms with E-state index in [-0.39, 0.29) is 5.91 Å². The molecule has 1 saturated heterocycles. The molecule has 1 saturated carbocycles. The summed E-state index contributed by atoms with van der Waals surface area (Å²) in [6.07, 6.45) is 6.56. The largest absolute Gasteiger partial charge is 0.497 e. The quantitative estimate of drug-likeness (QED) is 0.787. The van der Waals surface area contributed by atoms with Crippen molar-refractivity contribution in [1.82, 2.24) is 14.9 Å². The molecule has 0 radical (unpaired) electrons. The first kappa shape index (κ1) is 17.8. The predicted octanol–water partition coefficient (Wildman–Crippen LogP) is 2.72. The van der Waals surface area contributed by atoms with Crippen molar-refractivity contribution in [3.8, 4) is 5.75 Å². The van der Waals surface area contributed by atoms with E-state index >= 15 is 0 Å². The maximum absolute atomic E-state index is 12.9. The molecule has 2 aliphatic rings. The molecule has 1 aromatic heterocycles. The van der Waals surface area contributed by atoms with E-state index in [2.05, 4.69) is 27.0 Å². The highest BCUT2D eigenvalue weighted by atomic mass is 16.5. The molecular formula is C21H26N4O2. The Hall–Kier alpha value is -2.63. The molecule has 2 aromatic rings. The Morgan fingerprint density at radius 1 is 1.11 bits per heavy atom. The first-order chi connectivity index (χ1) is 13.2. The summed E-state index contributed by atoms with van der Waals surface area (Å²) in [4.78, 5) is 25.7. The SMILES string of the molecule is COc1ccc(C(CC(=O)N2CCN(c3ncccn3)CC2)C2CC2)cc1. The second kappa shape index (κ2) is 7.94. The summed E-state index contributed by atoms with van der Waals surface area (Å²) < 4.78 is 5.26. The third kappa shape index (κ3) is 4.21. The number of nitrogens with zero attached hydrogens (tertiary/aromatic N) is 4. The number of anilines is 1. The number of methoxy groups -OCH3 is 1. The number of hydrogen-bond donors (Lipinski definition) is 0. The van der Waals surface area contributed by atoms with Crippen LogP contribution in [0.1, 0.15) is 30.7 Å². The molecule has 1 aliphatic carbocycles. The molecule has 1 atom stereocenters. The standard InChI is InChI=1S/C21H26N4O2/c1-27-18-7-5-17(6-8-18)19(16-3-4-16)15-20(26)24-11-13-25(14-12-24)21-22-9-2-10-23-21/h2,5-10,16,19H,3-4,11-15H2,1H3. The smallest absolute Gasteiger partial charge is 0.225 e. The zero-order valence-electron chi connectivity index (χ0n) is 15.8. The Balaban J connectivity index is 1.36. The van der Waals surface area contributed by atoms with Crippen molar-refractivity contribution in [2.75, 3.05) is 38.2 Å². The predicted molar refractivity (Wildman–Crippen MR) is 104 cm³/mol. The van der Waals surface area contributed by atoms with Gasteiger partial charge in [-0.15, -0.1) is 0 Å². The van der Waals surface area contributed by atoms with Crippen molar-refractivity contribution < 1.29 is 9.53 Å². The van der Waals surface area contributed by atoms with E-state index in [1.807, 2.05) is 23.1 Å². The minimum Gasteiger partial charge on any atom is -0.497 e. The number of amides is 1. The van der Waals surface area contributed by atoms with Gasteiger partial charge < -0.3 is 14.5 Å². The van der Waals surface area contributed by atoms with Crippen LogP contribution in [0.5, 0.6) is 5.75 Å². The fourth-order valence-corrected chi connectivity index (χ4v) is 3.83. The minimum absolute atomic E-state index is 0.261. The van der Waals surface area contributed by atoms with Gasteiger partial charge in [-0.05, 0) is 48.4 Å². The summed E-state index contributed by atoms with van der Waals surface area (Å²) in [5.74, 6) is 2.83. The van der Waals surface area contributed by atoms with E-state index in [1.165, 1.54) is 18.4 Å². The monoisotopic (exact) mass is 366 g/mol. The Labute approximate surface area is 160 Å². The van der Waals surface area contributed by atoms with Gasteiger partial charge in [0, 0.05) is 45.0 Å². The van der Waals surface area contributed by atoms with E-state index in [0.29, 0.717) is 18.3 Å². The van der Waals surface area contributed by atoms with Crippen LogP contribution in [0.15, 0.2) is 42.7 Å². The molecule has 2 heterocycles. The fraction of sp³-hybridized carbons (Fsp3) is 0.476. The Morgan fingerprint density at radius 3 is 2.37 bits per heavy atom. The molecule has 142 valence electrons. The molecule has 6 heteroatoms. The summed E-state index contributed by atoms with van der Waals surface area (Å²) >= 11 is 0. The lowest BCUT2D eigenvalue weighted by Gasteiger charge is -2.35. The highest BCUT2D eigenvalue weighted by molar-refractivity contribution is 5.77. The van der Waals surface area contributed by atoms with E-state index in [4.69, 9.17) is 4.74 Å².